The first kappa shape index (κ1) is 19.0. The Balaban J connectivity index is 1.54. The molecular weight excluding hydrogens is 366 g/mol. The lowest BCUT2D eigenvalue weighted by molar-refractivity contribution is 0.0972. The summed E-state index contributed by atoms with van der Waals surface area (Å²) in [6, 6.07) is 15.7. The number of likely N-dealkylation sites (tertiary alicyclic amines) is 1. The van der Waals surface area contributed by atoms with Crippen molar-refractivity contribution < 1.29 is 9.53 Å². The third kappa shape index (κ3) is 4.41. The number of aromatic amines is 1. The smallest absolute Gasteiger partial charge is 0.274 e. The van der Waals surface area contributed by atoms with Crippen LogP contribution in [-0.2, 0) is 6.54 Å². The van der Waals surface area contributed by atoms with Gasteiger partial charge in [-0.15, -0.1) is 0 Å². The predicted octanol–water partition coefficient (Wildman–Crippen LogP) is 3.23. The zero-order valence-electron chi connectivity index (χ0n) is 16.4. The zero-order chi connectivity index (χ0) is 20.2. The van der Waals surface area contributed by atoms with Gasteiger partial charge in [0, 0.05) is 36.1 Å². The van der Waals surface area contributed by atoms with E-state index < -0.39 is 0 Å². The second kappa shape index (κ2) is 8.36. The quantitative estimate of drug-likeness (QED) is 0.460. The van der Waals surface area contributed by atoms with E-state index in [1.165, 1.54) is 25.5 Å². The summed E-state index contributed by atoms with van der Waals surface area (Å²) in [5.41, 5.74) is 7.98. The summed E-state index contributed by atoms with van der Waals surface area (Å²) in [6.07, 6.45) is 2.52. The number of ether oxygens (including phenoxy) is 1. The van der Waals surface area contributed by atoms with Crippen molar-refractivity contribution in [3.8, 4) is 11.5 Å². The van der Waals surface area contributed by atoms with Gasteiger partial charge in [0.1, 0.15) is 17.2 Å². The number of H-pyrrole nitrogens is 1. The number of para-hydroxylation sites is 1. The number of fused-ring (bicyclic) bond motifs is 1. The van der Waals surface area contributed by atoms with Gasteiger partial charge >= 0.3 is 0 Å². The summed E-state index contributed by atoms with van der Waals surface area (Å²) in [4.78, 5) is 21.5. The number of benzene rings is 2. The lowest BCUT2D eigenvalue weighted by Crippen LogP contribution is -2.36. The van der Waals surface area contributed by atoms with Gasteiger partial charge in [0.15, 0.2) is 5.96 Å². The largest absolute Gasteiger partial charge is 0.457 e. The number of rotatable bonds is 5. The first-order valence-corrected chi connectivity index (χ1v) is 9.77. The molecule has 1 saturated heterocycles. The summed E-state index contributed by atoms with van der Waals surface area (Å²) >= 11 is 0. The predicted molar refractivity (Wildman–Crippen MR) is 114 cm³/mol. The SMILES string of the molecule is CN=C(N)NC(=O)c1cc2ccc(Oc3ccccc3CN3CCCC3)cc2[nH]1. The third-order valence-electron chi connectivity index (χ3n) is 5.11. The van der Waals surface area contributed by atoms with Crippen LogP contribution in [0.3, 0.4) is 0 Å². The van der Waals surface area contributed by atoms with Gasteiger partial charge in [-0.3, -0.25) is 20.0 Å². The second-order valence-corrected chi connectivity index (χ2v) is 7.19. The van der Waals surface area contributed by atoms with E-state index in [4.69, 9.17) is 10.5 Å². The molecule has 4 N–H and O–H groups in total. The van der Waals surface area contributed by atoms with Crippen LogP contribution >= 0.6 is 0 Å². The Morgan fingerprint density at radius 2 is 2.00 bits per heavy atom. The summed E-state index contributed by atoms with van der Waals surface area (Å²) in [6.45, 7) is 3.17. The minimum absolute atomic E-state index is 0.0762. The number of carbonyl (C=O) groups is 1. The Bertz CT molecular complexity index is 1050. The number of aliphatic imine (C=N–C) groups is 1. The summed E-state index contributed by atoms with van der Waals surface area (Å²) in [5.74, 6) is 1.32. The lowest BCUT2D eigenvalue weighted by atomic mass is 10.2. The average Bonchev–Trinajstić information content (AvgIpc) is 3.38. The zero-order valence-corrected chi connectivity index (χ0v) is 16.4. The van der Waals surface area contributed by atoms with Crippen molar-refractivity contribution in [2.75, 3.05) is 20.1 Å². The van der Waals surface area contributed by atoms with E-state index in [0.717, 1.165) is 42.0 Å². The van der Waals surface area contributed by atoms with Crippen LogP contribution in [0.2, 0.25) is 0 Å². The molecule has 0 aliphatic carbocycles. The molecule has 7 heteroatoms. The average molecular weight is 391 g/mol. The van der Waals surface area contributed by atoms with Crippen molar-refractivity contribution in [1.29, 1.82) is 0 Å². The maximum absolute atomic E-state index is 12.2. The molecule has 1 aliphatic heterocycles. The topological polar surface area (TPSA) is 95.7 Å². The van der Waals surface area contributed by atoms with Crippen LogP contribution in [0.15, 0.2) is 53.5 Å². The fraction of sp³-hybridized carbons (Fsp3) is 0.273. The van der Waals surface area contributed by atoms with Crippen LogP contribution in [-0.4, -0.2) is 41.9 Å². The second-order valence-electron chi connectivity index (χ2n) is 7.19. The molecule has 150 valence electrons. The van der Waals surface area contributed by atoms with E-state index >= 15 is 0 Å². The van der Waals surface area contributed by atoms with Crippen LogP contribution < -0.4 is 15.8 Å². The normalized spacial score (nSPS) is 15.0. The molecule has 0 radical (unpaired) electrons. The number of nitrogens with two attached hydrogens (primary N) is 1. The van der Waals surface area contributed by atoms with Gasteiger partial charge in [-0.2, -0.15) is 0 Å². The van der Waals surface area contributed by atoms with E-state index in [1.807, 2.05) is 36.4 Å². The molecule has 0 saturated carbocycles. The number of hydrogen-bond acceptors (Lipinski definition) is 4. The number of amides is 1. The Labute approximate surface area is 169 Å². The van der Waals surface area contributed by atoms with Crippen molar-refractivity contribution in [2.45, 2.75) is 19.4 Å². The highest BCUT2D eigenvalue weighted by molar-refractivity contribution is 6.06. The third-order valence-corrected chi connectivity index (χ3v) is 5.11. The molecule has 29 heavy (non-hydrogen) atoms. The number of guanidine groups is 1. The van der Waals surface area contributed by atoms with E-state index in [2.05, 4.69) is 26.3 Å². The van der Waals surface area contributed by atoms with Gasteiger partial charge < -0.3 is 15.5 Å². The molecule has 0 unspecified atom stereocenters. The van der Waals surface area contributed by atoms with Gasteiger partial charge in [0.25, 0.3) is 5.91 Å². The monoisotopic (exact) mass is 391 g/mol. The van der Waals surface area contributed by atoms with Crippen LogP contribution in [0.25, 0.3) is 10.9 Å². The van der Waals surface area contributed by atoms with Gasteiger partial charge in [-0.25, -0.2) is 0 Å². The van der Waals surface area contributed by atoms with E-state index in [1.54, 1.807) is 6.07 Å². The minimum atomic E-state index is -0.331. The fourth-order valence-electron chi connectivity index (χ4n) is 3.57. The first-order chi connectivity index (χ1) is 14.1. The Morgan fingerprint density at radius 3 is 2.79 bits per heavy atom. The molecular formula is C22H25N5O2. The van der Waals surface area contributed by atoms with Crippen LogP contribution in [0.4, 0.5) is 0 Å². The molecule has 1 aromatic heterocycles. The Hall–Kier alpha value is -3.32. The van der Waals surface area contributed by atoms with Crippen LogP contribution in [0, 0.1) is 0 Å². The molecule has 1 fully saturated rings. The molecule has 1 amide bonds. The summed E-state index contributed by atoms with van der Waals surface area (Å²) < 4.78 is 6.19. The van der Waals surface area contributed by atoms with Crippen molar-refractivity contribution in [3.05, 3.63) is 59.8 Å². The highest BCUT2D eigenvalue weighted by Gasteiger charge is 2.15. The maximum Gasteiger partial charge on any atom is 0.274 e. The summed E-state index contributed by atoms with van der Waals surface area (Å²) in [5, 5.41) is 3.44. The number of nitrogens with one attached hydrogen (secondary N) is 2. The highest BCUT2D eigenvalue weighted by Crippen LogP contribution is 2.29. The number of hydrogen-bond donors (Lipinski definition) is 3. The molecule has 0 spiro atoms. The van der Waals surface area contributed by atoms with Gasteiger partial charge in [0.2, 0.25) is 0 Å². The summed E-state index contributed by atoms with van der Waals surface area (Å²) in [7, 11) is 1.52. The number of aromatic nitrogens is 1. The maximum atomic E-state index is 12.2. The first-order valence-electron chi connectivity index (χ1n) is 9.77. The van der Waals surface area contributed by atoms with E-state index in [-0.39, 0.29) is 11.9 Å². The molecule has 0 atom stereocenters. The molecule has 2 aromatic carbocycles. The van der Waals surface area contributed by atoms with Crippen molar-refractivity contribution in [2.24, 2.45) is 10.7 Å². The molecule has 1 aliphatic rings. The van der Waals surface area contributed by atoms with Gasteiger partial charge in [0.05, 0.1) is 0 Å². The minimum Gasteiger partial charge on any atom is -0.457 e. The van der Waals surface area contributed by atoms with Gasteiger partial charge in [-0.1, -0.05) is 18.2 Å². The van der Waals surface area contributed by atoms with E-state index in [0.29, 0.717) is 5.69 Å². The Morgan fingerprint density at radius 1 is 1.21 bits per heavy atom. The molecule has 7 nitrogen and oxygen atoms in total. The molecule has 0 bridgehead atoms. The molecule has 2 heterocycles. The molecule has 4 rings (SSSR count). The number of nitrogens with zero attached hydrogens (tertiary/aromatic N) is 2. The fourth-order valence-corrected chi connectivity index (χ4v) is 3.57. The standard InChI is InChI=1S/C22H25N5O2/c1-24-22(23)26-21(28)19-12-15-8-9-17(13-18(15)25-19)29-20-7-3-2-6-16(20)14-27-10-4-5-11-27/h2-3,6-9,12-13,25H,4-5,10-11,14H2,1H3,(H3,23,24,26,28). The van der Waals surface area contributed by atoms with Crippen LogP contribution in [0.5, 0.6) is 11.5 Å². The van der Waals surface area contributed by atoms with Crippen LogP contribution in [0.1, 0.15) is 28.9 Å². The lowest BCUT2D eigenvalue weighted by Gasteiger charge is -2.17. The number of carbonyl (C=O) groups excluding carboxylic acids is 1. The van der Waals surface area contributed by atoms with Crippen molar-refractivity contribution >= 4 is 22.8 Å². The highest BCUT2D eigenvalue weighted by atomic mass is 16.5. The van der Waals surface area contributed by atoms with Gasteiger partial charge in [-0.05, 0) is 50.2 Å². The molecule has 3 aromatic rings. The van der Waals surface area contributed by atoms with Crippen molar-refractivity contribution in [1.82, 2.24) is 15.2 Å². The van der Waals surface area contributed by atoms with Crippen molar-refractivity contribution in [3.63, 3.8) is 0 Å². The van der Waals surface area contributed by atoms with E-state index in [9.17, 15) is 4.79 Å². The Kier molecular flexibility index (Phi) is 5.48.